The summed E-state index contributed by atoms with van der Waals surface area (Å²) in [7, 11) is 2.32. The lowest BCUT2D eigenvalue weighted by Gasteiger charge is -2.42. The maximum atomic E-state index is 6.28. The Bertz CT molecular complexity index is 686. The number of hydrogen-bond donors (Lipinski definition) is 2. The summed E-state index contributed by atoms with van der Waals surface area (Å²) < 4.78 is 2.96. The van der Waals surface area contributed by atoms with Gasteiger partial charge in [0.1, 0.15) is 5.69 Å². The van der Waals surface area contributed by atoms with Crippen molar-refractivity contribution in [2.24, 2.45) is 0 Å². The molecule has 0 aromatic carbocycles. The van der Waals surface area contributed by atoms with Gasteiger partial charge in [0.2, 0.25) is 0 Å². The quantitative estimate of drug-likeness (QED) is 0.712. The zero-order chi connectivity index (χ0) is 17.4. The number of likely N-dealkylation sites (N-methyl/N-ethyl adjacent to an activating group) is 1. The molecule has 0 aliphatic rings. The molecule has 7 heteroatoms. The lowest BCUT2D eigenvalue weighted by atomic mass is 10.1. The second kappa shape index (κ2) is 8.97. The van der Waals surface area contributed by atoms with Crippen LogP contribution in [-0.2, 0) is 0 Å². The Balaban J connectivity index is 0.00000288. The molecule has 2 heterocycles. The van der Waals surface area contributed by atoms with Gasteiger partial charge < -0.3 is 27.9 Å². The summed E-state index contributed by atoms with van der Waals surface area (Å²) in [5.41, 5.74) is 10.3. The van der Waals surface area contributed by atoms with E-state index < -0.39 is 0 Å². The molecule has 0 fully saturated rings. The minimum atomic E-state index is 0. The molecule has 0 aliphatic carbocycles. The lowest BCUT2D eigenvalue weighted by molar-refractivity contribution is -0.947. The molecule has 5 nitrogen and oxygen atoms in total. The fraction of sp³-hybridized carbons (Fsp3) is 0.611. The summed E-state index contributed by atoms with van der Waals surface area (Å²) in [5.74, 6) is 0.790. The third kappa shape index (κ3) is 4.52. The molecular formula is C18H33Cl2N5. The molecule has 0 spiro atoms. The number of nitrogens with two attached hydrogens (primary N) is 1. The van der Waals surface area contributed by atoms with Gasteiger partial charge in [-0.25, -0.2) is 4.52 Å². The van der Waals surface area contributed by atoms with Gasteiger partial charge >= 0.3 is 0 Å². The fourth-order valence-electron chi connectivity index (χ4n) is 3.01. The van der Waals surface area contributed by atoms with Crippen LogP contribution in [0.1, 0.15) is 39.0 Å². The zero-order valence-corrected chi connectivity index (χ0v) is 18.0. The van der Waals surface area contributed by atoms with Gasteiger partial charge in [-0.05, 0) is 53.2 Å². The third-order valence-corrected chi connectivity index (χ3v) is 5.58. The van der Waals surface area contributed by atoms with Crippen LogP contribution in [0, 0.1) is 13.8 Å². The Hall–Kier alpha value is -1.17. The van der Waals surface area contributed by atoms with E-state index in [1.165, 1.54) is 5.56 Å². The van der Waals surface area contributed by atoms with Gasteiger partial charge in [-0.15, -0.1) is 17.5 Å². The molecule has 0 unspecified atom stereocenters. The summed E-state index contributed by atoms with van der Waals surface area (Å²) in [4.78, 5) is 0. The molecular weight excluding hydrogens is 357 g/mol. The van der Waals surface area contributed by atoms with E-state index in [4.69, 9.17) is 5.73 Å². The van der Waals surface area contributed by atoms with Crippen molar-refractivity contribution in [3.05, 3.63) is 23.4 Å². The van der Waals surface area contributed by atoms with Crippen molar-refractivity contribution >= 4 is 29.4 Å². The summed E-state index contributed by atoms with van der Waals surface area (Å²) >= 11 is 0. The van der Waals surface area contributed by atoms with E-state index in [1.807, 2.05) is 10.6 Å². The largest absolute Gasteiger partial charge is 1.00 e. The van der Waals surface area contributed by atoms with Gasteiger partial charge in [0.05, 0.1) is 37.7 Å². The molecule has 3 N–H and O–H groups in total. The van der Waals surface area contributed by atoms with Gasteiger partial charge in [0.25, 0.3) is 0 Å². The minimum absolute atomic E-state index is 0. The first-order valence-corrected chi connectivity index (χ1v) is 8.51. The molecule has 0 amide bonds. The number of halogens is 2. The number of nitrogens with one attached hydrogen (secondary N) is 1. The van der Waals surface area contributed by atoms with E-state index in [2.05, 4.69) is 65.1 Å². The normalized spacial score (nSPS) is 11.6. The number of aryl methyl sites for hydroxylation is 2. The van der Waals surface area contributed by atoms with Crippen LogP contribution in [0.2, 0.25) is 0 Å². The first kappa shape index (κ1) is 23.8. The zero-order valence-electron chi connectivity index (χ0n) is 16.4. The van der Waals surface area contributed by atoms with Gasteiger partial charge in [-0.3, -0.25) is 0 Å². The standard InChI is InChI=1S/C18H32N5.2ClH/c1-12(2)23(7,13(3)4)11-10-20-18-17(19)16-9-8-14(5)15(6)22(16)21-18;;/h8-9,12-13H,10-11,19H2,1-7H3,(H,20,21);2*1H/q+1;;/p-1. The number of aromatic nitrogens is 2. The van der Waals surface area contributed by atoms with Crippen LogP contribution in [0.25, 0.3) is 5.52 Å². The van der Waals surface area contributed by atoms with Crippen molar-refractivity contribution in [1.82, 2.24) is 9.61 Å². The smallest absolute Gasteiger partial charge is 0.172 e. The molecule has 0 saturated carbocycles. The number of nitrogens with zero attached hydrogens (tertiary/aromatic N) is 3. The van der Waals surface area contributed by atoms with Gasteiger partial charge in [-0.1, -0.05) is 6.07 Å². The van der Waals surface area contributed by atoms with Crippen molar-refractivity contribution in [2.75, 3.05) is 31.2 Å². The highest BCUT2D eigenvalue weighted by Crippen LogP contribution is 2.25. The molecule has 0 radical (unpaired) electrons. The van der Waals surface area contributed by atoms with E-state index >= 15 is 0 Å². The molecule has 0 saturated heterocycles. The van der Waals surface area contributed by atoms with Crippen LogP contribution >= 0.6 is 12.4 Å². The van der Waals surface area contributed by atoms with Crippen molar-refractivity contribution in [3.63, 3.8) is 0 Å². The topological polar surface area (TPSA) is 55.3 Å². The predicted octanol–water partition coefficient (Wildman–Crippen LogP) is 0.634. The Labute approximate surface area is 164 Å². The monoisotopic (exact) mass is 389 g/mol. The number of hydrogen-bond acceptors (Lipinski definition) is 3. The summed E-state index contributed by atoms with van der Waals surface area (Å²) in [5, 5.41) is 8.10. The summed E-state index contributed by atoms with van der Waals surface area (Å²) in [6.45, 7) is 15.2. The van der Waals surface area contributed by atoms with E-state index in [1.54, 1.807) is 0 Å². The predicted molar refractivity (Wildman–Crippen MR) is 106 cm³/mol. The van der Waals surface area contributed by atoms with E-state index in [0.717, 1.165) is 40.3 Å². The molecule has 2 rings (SSSR count). The number of rotatable bonds is 6. The maximum absolute atomic E-state index is 6.28. The highest BCUT2D eigenvalue weighted by molar-refractivity contribution is 5.85. The molecule has 0 atom stereocenters. The van der Waals surface area contributed by atoms with Crippen LogP contribution in [-0.4, -0.2) is 46.3 Å². The first-order valence-electron chi connectivity index (χ1n) is 8.51. The lowest BCUT2D eigenvalue weighted by Crippen LogP contribution is -3.00. The van der Waals surface area contributed by atoms with E-state index in [-0.39, 0.29) is 24.8 Å². The van der Waals surface area contributed by atoms with Crippen LogP contribution in [0.3, 0.4) is 0 Å². The second-order valence-electron chi connectivity index (χ2n) is 7.35. The molecule has 0 bridgehead atoms. The van der Waals surface area contributed by atoms with Crippen molar-refractivity contribution in [2.45, 2.75) is 53.6 Å². The molecule has 25 heavy (non-hydrogen) atoms. The molecule has 0 aliphatic heterocycles. The van der Waals surface area contributed by atoms with Crippen LogP contribution in [0.15, 0.2) is 12.1 Å². The number of quaternary nitrogens is 1. The minimum Gasteiger partial charge on any atom is -1.00 e. The Morgan fingerprint density at radius 2 is 1.72 bits per heavy atom. The first-order chi connectivity index (χ1) is 10.7. The van der Waals surface area contributed by atoms with Crippen molar-refractivity contribution < 1.29 is 16.9 Å². The molecule has 144 valence electrons. The number of pyridine rings is 1. The average Bonchev–Trinajstić information content (AvgIpc) is 2.80. The highest BCUT2D eigenvalue weighted by atomic mass is 35.5. The van der Waals surface area contributed by atoms with Gasteiger partial charge in [0.15, 0.2) is 5.82 Å². The molecule has 2 aromatic rings. The third-order valence-electron chi connectivity index (χ3n) is 5.58. The average molecular weight is 390 g/mol. The van der Waals surface area contributed by atoms with Crippen molar-refractivity contribution in [3.8, 4) is 0 Å². The number of nitrogen functional groups attached to an aromatic ring is 1. The van der Waals surface area contributed by atoms with Crippen LogP contribution in [0.4, 0.5) is 11.5 Å². The summed E-state index contributed by atoms with van der Waals surface area (Å²) in [6.07, 6.45) is 0. The van der Waals surface area contributed by atoms with Gasteiger partial charge in [0, 0.05) is 5.69 Å². The Morgan fingerprint density at radius 3 is 2.24 bits per heavy atom. The highest BCUT2D eigenvalue weighted by Gasteiger charge is 2.29. The summed E-state index contributed by atoms with van der Waals surface area (Å²) in [6, 6.07) is 5.30. The Morgan fingerprint density at radius 1 is 1.16 bits per heavy atom. The molecule has 2 aromatic heterocycles. The fourth-order valence-corrected chi connectivity index (χ4v) is 3.01. The number of anilines is 2. The SMILES string of the molecule is Cc1ccc2c(N)c(NCC[N+](C)(C(C)C)C(C)C)nn2c1C.Cl.[Cl-]. The van der Waals surface area contributed by atoms with Gasteiger partial charge in [-0.2, -0.15) is 0 Å². The van der Waals surface area contributed by atoms with E-state index in [0.29, 0.717) is 12.1 Å². The van der Waals surface area contributed by atoms with Crippen LogP contribution in [0.5, 0.6) is 0 Å². The second-order valence-corrected chi connectivity index (χ2v) is 7.35. The van der Waals surface area contributed by atoms with E-state index in [9.17, 15) is 0 Å². The van der Waals surface area contributed by atoms with Crippen LogP contribution < -0.4 is 23.5 Å². The Kier molecular flexibility index (Phi) is 8.55. The van der Waals surface area contributed by atoms with Crippen molar-refractivity contribution in [1.29, 1.82) is 0 Å². The maximum Gasteiger partial charge on any atom is 0.172 e. The number of fused-ring (bicyclic) bond motifs is 1.